The Morgan fingerprint density at radius 3 is 2.53 bits per heavy atom. The zero-order valence-electron chi connectivity index (χ0n) is 19.5. The maximum atomic E-state index is 13.1. The van der Waals surface area contributed by atoms with Crippen LogP contribution in [0.25, 0.3) is 0 Å². The van der Waals surface area contributed by atoms with Gasteiger partial charge in [0.1, 0.15) is 24.3 Å². The van der Waals surface area contributed by atoms with Gasteiger partial charge in [0.25, 0.3) is 5.91 Å². The summed E-state index contributed by atoms with van der Waals surface area (Å²) in [5, 5.41) is 3.23. The van der Waals surface area contributed by atoms with Gasteiger partial charge in [-0.1, -0.05) is 25.0 Å². The maximum Gasteiger partial charge on any atom is 0.267 e. The molecule has 2 fully saturated rings. The zero-order valence-corrected chi connectivity index (χ0v) is 19.5. The molecule has 1 aromatic heterocycles. The quantitative estimate of drug-likeness (QED) is 0.697. The number of nitrogen functional groups attached to an aromatic ring is 1. The third-order valence-corrected chi connectivity index (χ3v) is 7.57. The van der Waals surface area contributed by atoms with Crippen molar-refractivity contribution in [1.82, 2.24) is 15.3 Å². The zero-order chi connectivity index (χ0) is 23.5. The second-order valence-corrected chi connectivity index (χ2v) is 9.81. The summed E-state index contributed by atoms with van der Waals surface area (Å²) in [7, 11) is 0. The van der Waals surface area contributed by atoms with Crippen LogP contribution in [0, 0.1) is 5.92 Å². The van der Waals surface area contributed by atoms with Gasteiger partial charge in [0.15, 0.2) is 0 Å². The van der Waals surface area contributed by atoms with Crippen molar-refractivity contribution in [2.45, 2.75) is 69.7 Å². The Morgan fingerprint density at radius 1 is 1.06 bits per heavy atom. The predicted molar refractivity (Wildman–Crippen MR) is 130 cm³/mol. The fourth-order valence-corrected chi connectivity index (χ4v) is 5.65. The number of anilines is 2. The lowest BCUT2D eigenvalue weighted by Gasteiger charge is -2.29. The van der Waals surface area contributed by atoms with Gasteiger partial charge >= 0.3 is 0 Å². The first-order valence-corrected chi connectivity index (χ1v) is 12.5. The van der Waals surface area contributed by atoms with Crippen molar-refractivity contribution in [1.29, 1.82) is 0 Å². The Bertz CT molecular complexity index is 1030. The van der Waals surface area contributed by atoms with Gasteiger partial charge in [0.05, 0.1) is 6.54 Å². The number of hydrogen-bond acceptors (Lipinski definition) is 6. The summed E-state index contributed by atoms with van der Waals surface area (Å²) in [5.74, 6) is 1.35. The van der Waals surface area contributed by atoms with Crippen molar-refractivity contribution >= 4 is 23.3 Å². The first-order valence-electron chi connectivity index (χ1n) is 12.5. The topological polar surface area (TPSA) is 110 Å². The number of carbonyl (C=O) groups excluding carboxylic acids is 2. The third-order valence-electron chi connectivity index (χ3n) is 7.57. The minimum atomic E-state index is -0.241. The standard InChI is InChI=1S/C26H33N5O3/c27-24-23-25(29-16-28-24)34-14-13-31(26(23)33)21-11-9-19(10-12-21)18-7-5-17(6-8-18)15-22(32)30-20-3-1-2-4-20/h9-12,16-18,20H,1-8,13-15H2,(H,30,32)(H2,27,28,29). The molecule has 3 N–H and O–H groups in total. The largest absolute Gasteiger partial charge is 0.475 e. The van der Waals surface area contributed by atoms with E-state index in [9.17, 15) is 9.59 Å². The van der Waals surface area contributed by atoms with Gasteiger partial charge in [-0.3, -0.25) is 9.59 Å². The van der Waals surface area contributed by atoms with Crippen molar-refractivity contribution in [3.63, 3.8) is 0 Å². The Kier molecular flexibility index (Phi) is 6.65. The van der Waals surface area contributed by atoms with Crippen molar-refractivity contribution in [2.24, 2.45) is 5.92 Å². The minimum absolute atomic E-state index is 0.132. The molecule has 2 aliphatic carbocycles. The van der Waals surface area contributed by atoms with Crippen LogP contribution in [-0.2, 0) is 4.79 Å². The first-order chi connectivity index (χ1) is 16.6. The molecule has 2 amide bonds. The van der Waals surface area contributed by atoms with E-state index in [1.54, 1.807) is 4.90 Å². The molecule has 180 valence electrons. The second kappa shape index (κ2) is 9.99. The molecule has 0 radical (unpaired) electrons. The van der Waals surface area contributed by atoms with Gasteiger partial charge in [-0.25, -0.2) is 9.97 Å². The van der Waals surface area contributed by atoms with E-state index < -0.39 is 0 Å². The molecule has 1 aromatic carbocycles. The smallest absolute Gasteiger partial charge is 0.267 e. The molecule has 8 nitrogen and oxygen atoms in total. The average Bonchev–Trinajstić information content (AvgIpc) is 3.28. The molecule has 8 heteroatoms. The van der Waals surface area contributed by atoms with Crippen LogP contribution in [0.2, 0.25) is 0 Å². The van der Waals surface area contributed by atoms with E-state index >= 15 is 0 Å². The number of ether oxygens (including phenoxy) is 1. The molecule has 3 aliphatic rings. The highest BCUT2D eigenvalue weighted by molar-refractivity contribution is 6.10. The van der Waals surface area contributed by atoms with Gasteiger partial charge in [-0.15, -0.1) is 0 Å². The van der Waals surface area contributed by atoms with Crippen LogP contribution in [0.15, 0.2) is 30.6 Å². The summed E-state index contributed by atoms with van der Waals surface area (Å²) in [4.78, 5) is 35.2. The molecule has 0 spiro atoms. The molecular weight excluding hydrogens is 430 g/mol. The summed E-state index contributed by atoms with van der Waals surface area (Å²) >= 11 is 0. The maximum absolute atomic E-state index is 13.1. The van der Waals surface area contributed by atoms with Crippen LogP contribution in [0.3, 0.4) is 0 Å². The highest BCUT2D eigenvalue weighted by Gasteiger charge is 2.29. The molecule has 34 heavy (non-hydrogen) atoms. The van der Waals surface area contributed by atoms with E-state index in [2.05, 4.69) is 27.4 Å². The minimum Gasteiger partial charge on any atom is -0.475 e. The Balaban J connectivity index is 1.18. The van der Waals surface area contributed by atoms with Gasteiger partial charge in [0.2, 0.25) is 11.8 Å². The van der Waals surface area contributed by atoms with E-state index in [0.29, 0.717) is 37.5 Å². The Labute approximate surface area is 200 Å². The number of nitrogens with one attached hydrogen (secondary N) is 1. The molecule has 2 aromatic rings. The SMILES string of the molecule is Nc1ncnc2c1C(=O)N(c1ccc(C3CCC(CC(=O)NC4CCCC4)CC3)cc1)CCO2. The van der Waals surface area contributed by atoms with Crippen LogP contribution < -0.4 is 20.7 Å². The van der Waals surface area contributed by atoms with Crippen molar-refractivity contribution < 1.29 is 14.3 Å². The summed E-state index contributed by atoms with van der Waals surface area (Å²) < 4.78 is 5.62. The van der Waals surface area contributed by atoms with E-state index in [4.69, 9.17) is 10.5 Å². The monoisotopic (exact) mass is 463 g/mol. The number of benzene rings is 1. The number of nitrogens with zero attached hydrogens (tertiary/aromatic N) is 3. The normalized spacial score (nSPS) is 23.2. The Morgan fingerprint density at radius 2 is 1.79 bits per heavy atom. The molecule has 0 bridgehead atoms. The summed E-state index contributed by atoms with van der Waals surface area (Å²) in [6.45, 7) is 0.761. The van der Waals surface area contributed by atoms with E-state index in [1.807, 2.05) is 12.1 Å². The fourth-order valence-electron chi connectivity index (χ4n) is 5.65. The fraction of sp³-hybridized carbons (Fsp3) is 0.538. The van der Waals surface area contributed by atoms with E-state index in [-0.39, 0.29) is 29.1 Å². The number of carbonyl (C=O) groups is 2. The summed E-state index contributed by atoms with van der Waals surface area (Å²) in [6, 6.07) is 8.65. The molecular formula is C26H33N5O3. The molecule has 2 saturated carbocycles. The van der Waals surface area contributed by atoms with E-state index in [1.165, 1.54) is 24.7 Å². The summed E-state index contributed by atoms with van der Waals surface area (Å²) in [5.41, 5.74) is 8.26. The van der Waals surface area contributed by atoms with Crippen LogP contribution in [0.5, 0.6) is 5.88 Å². The third kappa shape index (κ3) is 4.86. The Hall–Kier alpha value is -3.16. The number of fused-ring (bicyclic) bond motifs is 1. The second-order valence-electron chi connectivity index (χ2n) is 9.81. The number of amides is 2. The summed E-state index contributed by atoms with van der Waals surface area (Å²) in [6.07, 6.45) is 11.1. The molecule has 5 rings (SSSR count). The lowest BCUT2D eigenvalue weighted by atomic mass is 9.77. The van der Waals surface area contributed by atoms with Crippen molar-refractivity contribution in [3.8, 4) is 5.88 Å². The van der Waals surface area contributed by atoms with Gasteiger partial charge in [-0.2, -0.15) is 0 Å². The molecule has 2 heterocycles. The van der Waals surface area contributed by atoms with Crippen molar-refractivity contribution in [2.75, 3.05) is 23.8 Å². The predicted octanol–water partition coefficient (Wildman–Crippen LogP) is 3.82. The van der Waals surface area contributed by atoms with Gasteiger partial charge in [0, 0.05) is 18.2 Å². The van der Waals surface area contributed by atoms with Crippen molar-refractivity contribution in [3.05, 3.63) is 41.7 Å². The molecule has 0 atom stereocenters. The highest BCUT2D eigenvalue weighted by atomic mass is 16.5. The molecule has 0 unspecified atom stereocenters. The number of aromatic nitrogens is 2. The molecule has 0 saturated heterocycles. The number of rotatable bonds is 5. The van der Waals surface area contributed by atoms with Gasteiger partial charge in [-0.05, 0) is 68.1 Å². The van der Waals surface area contributed by atoms with Crippen LogP contribution in [-0.4, -0.2) is 41.0 Å². The number of hydrogen-bond donors (Lipinski definition) is 2. The average molecular weight is 464 g/mol. The van der Waals surface area contributed by atoms with Gasteiger partial charge < -0.3 is 20.7 Å². The van der Waals surface area contributed by atoms with Crippen LogP contribution in [0.4, 0.5) is 11.5 Å². The molecule has 1 aliphatic heterocycles. The van der Waals surface area contributed by atoms with Crippen LogP contribution in [0.1, 0.15) is 79.6 Å². The lowest BCUT2D eigenvalue weighted by Crippen LogP contribution is -2.34. The first kappa shape index (κ1) is 22.6. The number of nitrogens with two attached hydrogens (primary N) is 1. The van der Waals surface area contributed by atoms with Crippen LogP contribution >= 0.6 is 0 Å². The lowest BCUT2D eigenvalue weighted by molar-refractivity contribution is -0.122. The van der Waals surface area contributed by atoms with E-state index in [0.717, 1.165) is 44.2 Å². The highest BCUT2D eigenvalue weighted by Crippen LogP contribution is 2.38.